The molecular formula is C26H24N4O7. The first-order valence-electron chi connectivity index (χ1n) is 11.4. The summed E-state index contributed by atoms with van der Waals surface area (Å²) in [6.45, 7) is -0.0738. The second-order valence-corrected chi connectivity index (χ2v) is 7.99. The predicted octanol–water partition coefficient (Wildman–Crippen LogP) is 2.43. The van der Waals surface area contributed by atoms with Crippen LogP contribution in [0.25, 0.3) is 0 Å². The molecule has 1 aliphatic heterocycles. The number of esters is 2. The molecule has 2 unspecified atom stereocenters. The summed E-state index contributed by atoms with van der Waals surface area (Å²) in [6, 6.07) is 17.1. The van der Waals surface area contributed by atoms with Crippen molar-refractivity contribution in [2.45, 2.75) is 25.2 Å². The summed E-state index contributed by atoms with van der Waals surface area (Å²) in [5.74, 6) is -0.796. The fourth-order valence-corrected chi connectivity index (χ4v) is 3.55. The van der Waals surface area contributed by atoms with Gasteiger partial charge in [-0.1, -0.05) is 41.6 Å². The molecule has 11 heteroatoms. The van der Waals surface area contributed by atoms with Gasteiger partial charge in [0.1, 0.15) is 30.0 Å². The molecule has 0 radical (unpaired) electrons. The average molecular weight is 504 g/mol. The summed E-state index contributed by atoms with van der Waals surface area (Å²) in [6.07, 6.45) is 3.21. The van der Waals surface area contributed by atoms with Crippen LogP contribution in [0.1, 0.15) is 30.2 Å². The largest absolute Gasteiger partial charge is 0.463 e. The Morgan fingerprint density at radius 2 is 1.70 bits per heavy atom. The minimum atomic E-state index is -0.682. The van der Waals surface area contributed by atoms with E-state index in [1.165, 1.54) is 16.8 Å². The lowest BCUT2D eigenvalue weighted by atomic mass is 10.0. The molecule has 0 saturated carbocycles. The van der Waals surface area contributed by atoms with E-state index in [4.69, 9.17) is 19.9 Å². The lowest BCUT2D eigenvalue weighted by Gasteiger charge is -2.16. The van der Waals surface area contributed by atoms with E-state index in [1.807, 2.05) is 30.3 Å². The van der Waals surface area contributed by atoms with Gasteiger partial charge in [0.05, 0.1) is 12.8 Å². The second-order valence-electron chi connectivity index (χ2n) is 7.99. The Morgan fingerprint density at radius 3 is 2.41 bits per heavy atom. The summed E-state index contributed by atoms with van der Waals surface area (Å²) in [7, 11) is 0. The van der Waals surface area contributed by atoms with Gasteiger partial charge in [0.15, 0.2) is 6.23 Å². The number of anilines is 1. The molecule has 11 nitrogen and oxygen atoms in total. The van der Waals surface area contributed by atoms with Gasteiger partial charge in [-0.15, -0.1) is 0 Å². The Hall–Kier alpha value is -4.77. The van der Waals surface area contributed by atoms with E-state index in [0.717, 1.165) is 5.56 Å². The number of hydrogen-bond donors (Lipinski definition) is 2. The molecule has 190 valence electrons. The topological polar surface area (TPSA) is 155 Å². The molecule has 3 N–H and O–H groups in total. The number of nitrogens with zero attached hydrogens (tertiary/aromatic N) is 3. The van der Waals surface area contributed by atoms with Crippen LogP contribution >= 0.6 is 0 Å². The first-order chi connectivity index (χ1) is 17.9. The standard InChI is InChI=1S/C26H24N4O7/c27-21-14-15-30(26(33)28-21)22-11-10-20(36-22)16-35-23(31)12-13-24(32)37-19-8-6-18(7-9-19)25(29-34)17-4-2-1-3-5-17/h1-11,14-15,20,22,34H,12-13,16H2,(H2,27,28,33)/b29-25+. The van der Waals surface area contributed by atoms with Gasteiger partial charge in [0, 0.05) is 17.3 Å². The van der Waals surface area contributed by atoms with Gasteiger partial charge < -0.3 is 25.2 Å². The van der Waals surface area contributed by atoms with Crippen molar-refractivity contribution in [1.29, 1.82) is 0 Å². The molecule has 1 aromatic heterocycles. The molecule has 0 amide bonds. The van der Waals surface area contributed by atoms with Crippen LogP contribution in [0, 0.1) is 0 Å². The quantitative estimate of drug-likeness (QED) is 0.112. The highest BCUT2D eigenvalue weighted by molar-refractivity contribution is 6.12. The maximum atomic E-state index is 12.2. The van der Waals surface area contributed by atoms with Gasteiger partial charge in [0.25, 0.3) is 0 Å². The smallest absolute Gasteiger partial charge is 0.351 e. The zero-order valence-electron chi connectivity index (χ0n) is 19.6. The van der Waals surface area contributed by atoms with E-state index in [9.17, 15) is 19.6 Å². The van der Waals surface area contributed by atoms with Crippen LogP contribution < -0.4 is 16.2 Å². The molecule has 4 rings (SSSR count). The van der Waals surface area contributed by atoms with E-state index in [-0.39, 0.29) is 31.0 Å². The van der Waals surface area contributed by atoms with Crippen molar-refractivity contribution in [3.63, 3.8) is 0 Å². The van der Waals surface area contributed by atoms with Crippen LogP contribution in [0.3, 0.4) is 0 Å². The summed E-state index contributed by atoms with van der Waals surface area (Å²) < 4.78 is 17.4. The van der Waals surface area contributed by atoms with Gasteiger partial charge in [-0.3, -0.25) is 14.2 Å². The minimum absolute atomic E-state index is 0.0738. The normalized spacial score (nSPS) is 16.9. The highest BCUT2D eigenvalue weighted by atomic mass is 16.6. The first-order valence-corrected chi connectivity index (χ1v) is 11.4. The molecule has 2 aromatic carbocycles. The fraction of sp³-hybridized carbons (Fsp3) is 0.192. The van der Waals surface area contributed by atoms with E-state index in [1.54, 1.807) is 36.4 Å². The summed E-state index contributed by atoms with van der Waals surface area (Å²) in [5.41, 5.74) is 6.68. The molecule has 0 bridgehead atoms. The van der Waals surface area contributed by atoms with Crippen LogP contribution in [0.4, 0.5) is 5.82 Å². The van der Waals surface area contributed by atoms with Gasteiger partial charge in [-0.05, 0) is 36.4 Å². The van der Waals surface area contributed by atoms with E-state index < -0.39 is 30.0 Å². The molecule has 0 spiro atoms. The maximum Gasteiger partial charge on any atom is 0.351 e. The zero-order valence-corrected chi connectivity index (χ0v) is 19.6. The Balaban J connectivity index is 1.19. The Labute approximate surface area is 211 Å². The van der Waals surface area contributed by atoms with Gasteiger partial charge in [-0.2, -0.15) is 4.98 Å². The number of rotatable bonds is 9. The molecule has 1 aliphatic rings. The fourth-order valence-electron chi connectivity index (χ4n) is 3.55. The monoisotopic (exact) mass is 504 g/mol. The number of ether oxygens (including phenoxy) is 3. The summed E-state index contributed by atoms with van der Waals surface area (Å²) in [4.78, 5) is 39.8. The third kappa shape index (κ3) is 6.67. The van der Waals surface area contributed by atoms with Gasteiger partial charge >= 0.3 is 17.6 Å². The van der Waals surface area contributed by atoms with Crippen molar-refractivity contribution in [1.82, 2.24) is 9.55 Å². The van der Waals surface area contributed by atoms with Crippen LogP contribution in [0.2, 0.25) is 0 Å². The van der Waals surface area contributed by atoms with E-state index in [0.29, 0.717) is 11.3 Å². The van der Waals surface area contributed by atoms with Gasteiger partial charge in [0.2, 0.25) is 0 Å². The average Bonchev–Trinajstić information content (AvgIpc) is 3.37. The SMILES string of the molecule is Nc1ccn(C2C=CC(COC(=O)CCC(=O)Oc3ccc(/C(=N/O)c4ccccc4)cc3)O2)c(=O)n1. The summed E-state index contributed by atoms with van der Waals surface area (Å²) in [5, 5.41) is 12.8. The molecule has 0 aliphatic carbocycles. The Bertz CT molecular complexity index is 1370. The Morgan fingerprint density at radius 1 is 1.00 bits per heavy atom. The van der Waals surface area contributed by atoms with Crippen LogP contribution in [-0.2, 0) is 19.1 Å². The number of carbonyl (C=O) groups is 2. The third-order valence-corrected chi connectivity index (χ3v) is 5.38. The zero-order chi connectivity index (χ0) is 26.2. The van der Waals surface area contributed by atoms with Crippen molar-refractivity contribution in [2.24, 2.45) is 5.16 Å². The predicted molar refractivity (Wildman–Crippen MR) is 132 cm³/mol. The number of oxime groups is 1. The molecule has 2 heterocycles. The number of carbonyl (C=O) groups excluding carboxylic acids is 2. The van der Waals surface area contributed by atoms with Gasteiger partial charge in [-0.25, -0.2) is 4.79 Å². The van der Waals surface area contributed by atoms with Crippen LogP contribution in [0.5, 0.6) is 5.75 Å². The first kappa shape index (κ1) is 25.3. The minimum Gasteiger partial charge on any atom is -0.463 e. The van der Waals surface area contributed by atoms with Crippen LogP contribution in [-0.4, -0.2) is 45.1 Å². The lowest BCUT2D eigenvalue weighted by Crippen LogP contribution is -2.28. The number of nitrogen functional groups attached to an aromatic ring is 1. The van der Waals surface area contributed by atoms with Crippen molar-refractivity contribution in [3.05, 3.63) is 101 Å². The van der Waals surface area contributed by atoms with Crippen molar-refractivity contribution < 1.29 is 29.0 Å². The molecule has 0 saturated heterocycles. The number of nitrogens with two attached hydrogens (primary N) is 1. The van der Waals surface area contributed by atoms with Crippen molar-refractivity contribution in [2.75, 3.05) is 12.3 Å². The maximum absolute atomic E-state index is 12.2. The van der Waals surface area contributed by atoms with E-state index >= 15 is 0 Å². The highest BCUT2D eigenvalue weighted by Gasteiger charge is 2.23. The molecule has 37 heavy (non-hydrogen) atoms. The number of aromatic nitrogens is 2. The number of hydrogen-bond acceptors (Lipinski definition) is 10. The lowest BCUT2D eigenvalue weighted by molar-refractivity contribution is -0.150. The molecular weight excluding hydrogens is 480 g/mol. The van der Waals surface area contributed by atoms with Crippen LogP contribution in [0.15, 0.2) is 89.0 Å². The van der Waals surface area contributed by atoms with Crippen molar-refractivity contribution in [3.8, 4) is 5.75 Å². The summed E-state index contributed by atoms with van der Waals surface area (Å²) >= 11 is 0. The number of benzene rings is 2. The van der Waals surface area contributed by atoms with E-state index in [2.05, 4.69) is 10.1 Å². The Kier molecular flexibility index (Phi) is 8.06. The van der Waals surface area contributed by atoms with Crippen molar-refractivity contribution >= 4 is 23.5 Å². The highest BCUT2D eigenvalue weighted by Crippen LogP contribution is 2.20. The molecule has 0 fully saturated rings. The second kappa shape index (κ2) is 11.8. The third-order valence-electron chi connectivity index (χ3n) is 5.38. The molecule has 2 atom stereocenters. The molecule has 3 aromatic rings.